The van der Waals surface area contributed by atoms with E-state index in [0.29, 0.717) is 12.2 Å². The summed E-state index contributed by atoms with van der Waals surface area (Å²) in [5.74, 6) is -1.92. The molecule has 0 saturated heterocycles. The predicted molar refractivity (Wildman–Crippen MR) is 84.5 cm³/mol. The number of carbonyl (C=O) groups excluding carboxylic acids is 2. The van der Waals surface area contributed by atoms with Gasteiger partial charge in [-0.15, -0.1) is 0 Å². The molecule has 5 nitrogen and oxygen atoms in total. The highest BCUT2D eigenvalue weighted by Crippen LogP contribution is 2.28. The molecule has 1 N–H and O–H groups in total. The summed E-state index contributed by atoms with van der Waals surface area (Å²) in [6, 6.07) is 9.00. The molecule has 0 aliphatic heterocycles. The van der Waals surface area contributed by atoms with E-state index in [0.717, 1.165) is 0 Å². The van der Waals surface area contributed by atoms with E-state index in [1.54, 1.807) is 37.3 Å². The van der Waals surface area contributed by atoms with Crippen molar-refractivity contribution in [2.75, 3.05) is 0 Å². The molecule has 1 aromatic carbocycles. The number of ether oxygens (including phenoxy) is 1. The summed E-state index contributed by atoms with van der Waals surface area (Å²) in [4.78, 5) is 23.8. The van der Waals surface area contributed by atoms with E-state index < -0.39 is 23.5 Å². The van der Waals surface area contributed by atoms with Gasteiger partial charge in [0.2, 0.25) is 0 Å². The summed E-state index contributed by atoms with van der Waals surface area (Å²) < 4.78 is 5.59. The lowest BCUT2D eigenvalue weighted by Crippen LogP contribution is -2.59. The van der Waals surface area contributed by atoms with Gasteiger partial charge >= 0.3 is 0 Å². The molecule has 0 heterocycles. The van der Waals surface area contributed by atoms with E-state index in [2.05, 4.69) is 5.32 Å². The van der Waals surface area contributed by atoms with E-state index in [9.17, 15) is 14.7 Å². The number of aliphatic carboxylic acids is 1. The molecule has 0 fully saturated rings. The second-order valence-corrected chi connectivity index (χ2v) is 5.50. The number of hydrogen-bond donors (Lipinski definition) is 1. The molecule has 2 rings (SSSR count). The van der Waals surface area contributed by atoms with Gasteiger partial charge in [-0.3, -0.25) is 4.79 Å². The number of amides is 1. The van der Waals surface area contributed by atoms with E-state index in [1.807, 2.05) is 25.1 Å². The van der Waals surface area contributed by atoms with Gasteiger partial charge in [-0.05, 0) is 25.5 Å². The molecule has 5 heteroatoms. The molecular weight excluding hydrogens is 294 g/mol. The molecule has 0 saturated carbocycles. The summed E-state index contributed by atoms with van der Waals surface area (Å²) in [6.07, 6.45) is 6.28. The molecule has 23 heavy (non-hydrogen) atoms. The van der Waals surface area contributed by atoms with Crippen LogP contribution in [0.1, 0.15) is 20.3 Å². The van der Waals surface area contributed by atoms with E-state index in [4.69, 9.17) is 4.74 Å². The Balaban J connectivity index is 2.11. The molecule has 0 radical (unpaired) electrons. The van der Waals surface area contributed by atoms with Crippen LogP contribution < -0.4 is 15.2 Å². The average molecular weight is 314 g/mol. The van der Waals surface area contributed by atoms with Crippen LogP contribution in [0, 0.1) is 5.92 Å². The van der Waals surface area contributed by atoms with Crippen LogP contribution in [0.25, 0.3) is 0 Å². The van der Waals surface area contributed by atoms with Crippen LogP contribution in [0.5, 0.6) is 5.75 Å². The standard InChI is InChI=1S/C18H21NO4/c1-3-18(12-8-7-11-15(18)17(21)22)19-16(20)13(2)23-14-9-5-4-6-10-14/h4-13,15H,3H2,1-2H3,(H,19,20)(H,21,22)/p-1. The number of benzene rings is 1. The Morgan fingerprint density at radius 2 is 2.00 bits per heavy atom. The minimum atomic E-state index is -1.22. The molecule has 1 amide bonds. The first-order valence-electron chi connectivity index (χ1n) is 7.59. The minimum absolute atomic E-state index is 0.373. The van der Waals surface area contributed by atoms with Gasteiger partial charge < -0.3 is 20.0 Å². The van der Waals surface area contributed by atoms with Crippen molar-refractivity contribution in [2.45, 2.75) is 31.9 Å². The zero-order valence-electron chi connectivity index (χ0n) is 13.2. The molecule has 3 unspecified atom stereocenters. The highest BCUT2D eigenvalue weighted by molar-refractivity contribution is 5.84. The highest BCUT2D eigenvalue weighted by atomic mass is 16.5. The van der Waals surface area contributed by atoms with Gasteiger partial charge in [-0.2, -0.15) is 0 Å². The normalized spacial score (nSPS) is 24.0. The lowest BCUT2D eigenvalue weighted by Gasteiger charge is -2.39. The molecular formula is C18H20NO4-. The second-order valence-electron chi connectivity index (χ2n) is 5.50. The van der Waals surface area contributed by atoms with Gasteiger partial charge in [-0.1, -0.05) is 49.4 Å². The van der Waals surface area contributed by atoms with Gasteiger partial charge in [0.25, 0.3) is 5.91 Å². The molecule has 1 aromatic rings. The molecule has 0 spiro atoms. The maximum Gasteiger partial charge on any atom is 0.261 e. The molecule has 0 bridgehead atoms. The van der Waals surface area contributed by atoms with Crippen LogP contribution in [0.3, 0.4) is 0 Å². The number of nitrogens with one attached hydrogen (secondary N) is 1. The Kier molecular flexibility index (Phi) is 5.21. The number of carboxylic acids is 1. The van der Waals surface area contributed by atoms with E-state index >= 15 is 0 Å². The third-order valence-corrected chi connectivity index (χ3v) is 3.98. The van der Waals surface area contributed by atoms with Crippen LogP contribution in [-0.2, 0) is 9.59 Å². The van der Waals surface area contributed by atoms with Crippen molar-refractivity contribution in [3.8, 4) is 5.75 Å². The van der Waals surface area contributed by atoms with Gasteiger partial charge in [0.15, 0.2) is 6.10 Å². The van der Waals surface area contributed by atoms with Crippen LogP contribution in [0.4, 0.5) is 0 Å². The van der Waals surface area contributed by atoms with Crippen molar-refractivity contribution in [1.82, 2.24) is 5.32 Å². The molecule has 0 aromatic heterocycles. The summed E-state index contributed by atoms with van der Waals surface area (Å²) in [6.45, 7) is 3.45. The SMILES string of the molecule is CCC1(NC(=O)C(C)Oc2ccccc2)C=CC=CC1C(=O)[O-]. The Labute approximate surface area is 135 Å². The van der Waals surface area contributed by atoms with Crippen molar-refractivity contribution < 1.29 is 19.4 Å². The maximum absolute atomic E-state index is 12.4. The fourth-order valence-electron chi connectivity index (χ4n) is 2.60. The summed E-state index contributed by atoms with van der Waals surface area (Å²) in [5.41, 5.74) is -1.00. The van der Waals surface area contributed by atoms with Crippen molar-refractivity contribution in [3.05, 3.63) is 54.6 Å². The van der Waals surface area contributed by atoms with E-state index in [-0.39, 0.29) is 5.91 Å². The Morgan fingerprint density at radius 3 is 2.61 bits per heavy atom. The number of rotatable bonds is 6. The van der Waals surface area contributed by atoms with Gasteiger partial charge in [0.05, 0.1) is 11.5 Å². The lowest BCUT2D eigenvalue weighted by atomic mass is 9.78. The molecule has 3 atom stereocenters. The van der Waals surface area contributed by atoms with Crippen molar-refractivity contribution in [3.63, 3.8) is 0 Å². The summed E-state index contributed by atoms with van der Waals surface area (Å²) in [7, 11) is 0. The van der Waals surface area contributed by atoms with Crippen LogP contribution in [0.15, 0.2) is 54.6 Å². The van der Waals surface area contributed by atoms with Gasteiger partial charge in [-0.25, -0.2) is 0 Å². The first-order chi connectivity index (χ1) is 11.0. The van der Waals surface area contributed by atoms with Crippen LogP contribution in [-0.4, -0.2) is 23.5 Å². The lowest BCUT2D eigenvalue weighted by molar-refractivity contribution is -0.311. The summed E-state index contributed by atoms with van der Waals surface area (Å²) >= 11 is 0. The molecule has 1 aliphatic rings. The fourth-order valence-corrected chi connectivity index (χ4v) is 2.60. The number of para-hydroxylation sites is 1. The summed E-state index contributed by atoms with van der Waals surface area (Å²) in [5, 5.41) is 14.2. The molecule has 1 aliphatic carbocycles. The first-order valence-corrected chi connectivity index (χ1v) is 7.59. The minimum Gasteiger partial charge on any atom is -0.549 e. The van der Waals surface area contributed by atoms with Crippen molar-refractivity contribution >= 4 is 11.9 Å². The third-order valence-electron chi connectivity index (χ3n) is 3.98. The Bertz CT molecular complexity index is 623. The fraction of sp³-hybridized carbons (Fsp3) is 0.333. The number of hydrogen-bond acceptors (Lipinski definition) is 4. The van der Waals surface area contributed by atoms with Crippen LogP contribution >= 0.6 is 0 Å². The number of carboxylic acid groups (broad SMARTS) is 1. The van der Waals surface area contributed by atoms with Crippen molar-refractivity contribution in [2.24, 2.45) is 5.92 Å². The second kappa shape index (κ2) is 7.13. The predicted octanol–water partition coefficient (Wildman–Crippen LogP) is 1.21. The zero-order valence-corrected chi connectivity index (χ0v) is 13.2. The monoisotopic (exact) mass is 314 g/mol. The average Bonchev–Trinajstić information content (AvgIpc) is 2.55. The van der Waals surface area contributed by atoms with Crippen molar-refractivity contribution in [1.29, 1.82) is 0 Å². The van der Waals surface area contributed by atoms with Gasteiger partial charge in [0.1, 0.15) is 5.75 Å². The van der Waals surface area contributed by atoms with E-state index in [1.165, 1.54) is 6.08 Å². The third kappa shape index (κ3) is 3.80. The topological polar surface area (TPSA) is 78.5 Å². The largest absolute Gasteiger partial charge is 0.549 e. The molecule has 122 valence electrons. The quantitative estimate of drug-likeness (QED) is 0.856. The zero-order chi connectivity index (χ0) is 16.9. The van der Waals surface area contributed by atoms with Crippen LogP contribution in [0.2, 0.25) is 0 Å². The van der Waals surface area contributed by atoms with Gasteiger partial charge in [0, 0.05) is 5.92 Å². The Morgan fingerprint density at radius 1 is 1.30 bits per heavy atom. The highest BCUT2D eigenvalue weighted by Gasteiger charge is 2.38. The number of allylic oxidation sites excluding steroid dienone is 2. The first kappa shape index (κ1) is 16.8. The Hall–Kier alpha value is -2.56. The maximum atomic E-state index is 12.4. The number of carbonyl (C=O) groups is 2. The smallest absolute Gasteiger partial charge is 0.261 e.